The summed E-state index contributed by atoms with van der Waals surface area (Å²) in [6.45, 7) is 0. The monoisotopic (exact) mass is 179 g/mol. The summed E-state index contributed by atoms with van der Waals surface area (Å²) in [6, 6.07) is 7.03. The Morgan fingerprint density at radius 2 is 2.15 bits per heavy atom. The predicted octanol–water partition coefficient (Wildman–Crippen LogP) is 1.28. The van der Waals surface area contributed by atoms with Gasteiger partial charge in [0.05, 0.1) is 0 Å². The molecule has 0 radical (unpaired) electrons. The first-order chi connectivity index (χ1) is 6.14. The van der Waals surface area contributed by atoms with Crippen LogP contribution in [0.15, 0.2) is 24.3 Å². The molecule has 1 aliphatic rings. The molecule has 3 heteroatoms. The molecule has 0 aromatic heterocycles. The fraction of sp³-hybridized carbons (Fsp3) is 0.300. The highest BCUT2D eigenvalue weighted by Crippen LogP contribution is 2.39. The number of aryl methyl sites for hydroxylation is 1. The van der Waals surface area contributed by atoms with Crippen LogP contribution in [0.4, 0.5) is 4.39 Å². The van der Waals surface area contributed by atoms with Crippen LogP contribution < -0.4 is 5.73 Å². The molecule has 68 valence electrons. The lowest BCUT2D eigenvalue weighted by Gasteiger charge is -2.15. The van der Waals surface area contributed by atoms with E-state index in [4.69, 9.17) is 5.73 Å². The second kappa shape index (κ2) is 2.55. The van der Waals surface area contributed by atoms with Gasteiger partial charge >= 0.3 is 0 Å². The highest BCUT2D eigenvalue weighted by atomic mass is 19.1. The number of alkyl halides is 1. The molecule has 1 aromatic carbocycles. The molecule has 0 heterocycles. The highest BCUT2D eigenvalue weighted by molar-refractivity contribution is 5.86. The van der Waals surface area contributed by atoms with Gasteiger partial charge in [-0.1, -0.05) is 24.3 Å². The number of carbonyl (C=O) groups is 1. The van der Waals surface area contributed by atoms with Gasteiger partial charge < -0.3 is 5.73 Å². The summed E-state index contributed by atoms with van der Waals surface area (Å²) >= 11 is 0. The van der Waals surface area contributed by atoms with Gasteiger partial charge in [0.2, 0.25) is 5.67 Å². The van der Waals surface area contributed by atoms with Gasteiger partial charge in [0.15, 0.2) is 0 Å². The van der Waals surface area contributed by atoms with Crippen LogP contribution in [-0.2, 0) is 16.9 Å². The Labute approximate surface area is 75.6 Å². The first kappa shape index (κ1) is 8.23. The topological polar surface area (TPSA) is 43.1 Å². The van der Waals surface area contributed by atoms with E-state index >= 15 is 0 Å². The number of nitrogens with two attached hydrogens (primary N) is 1. The molecule has 0 spiro atoms. The average molecular weight is 179 g/mol. The van der Waals surface area contributed by atoms with Crippen molar-refractivity contribution < 1.29 is 9.18 Å². The third-order valence-corrected chi connectivity index (χ3v) is 2.57. The number of primary amides is 1. The van der Waals surface area contributed by atoms with Crippen LogP contribution in [0.3, 0.4) is 0 Å². The first-order valence-electron chi connectivity index (χ1n) is 4.22. The molecular weight excluding hydrogens is 169 g/mol. The molecule has 2 nitrogen and oxygen atoms in total. The van der Waals surface area contributed by atoms with Gasteiger partial charge in [-0.15, -0.1) is 0 Å². The Hall–Kier alpha value is -1.38. The number of carbonyl (C=O) groups excluding carboxylic acids is 1. The van der Waals surface area contributed by atoms with E-state index in [9.17, 15) is 9.18 Å². The van der Waals surface area contributed by atoms with Crippen molar-refractivity contribution in [2.75, 3.05) is 0 Å². The summed E-state index contributed by atoms with van der Waals surface area (Å²) < 4.78 is 14.0. The second-order valence-corrected chi connectivity index (χ2v) is 3.32. The van der Waals surface area contributed by atoms with Crippen LogP contribution in [0.25, 0.3) is 0 Å². The summed E-state index contributed by atoms with van der Waals surface area (Å²) in [5.74, 6) is -0.877. The van der Waals surface area contributed by atoms with E-state index in [0.717, 1.165) is 5.56 Å². The van der Waals surface area contributed by atoms with Gasteiger partial charge in [0.1, 0.15) is 0 Å². The average Bonchev–Trinajstić information content (AvgIpc) is 2.47. The number of hydrogen-bond donors (Lipinski definition) is 1. The Morgan fingerprint density at radius 3 is 2.85 bits per heavy atom. The van der Waals surface area contributed by atoms with E-state index in [0.29, 0.717) is 12.0 Å². The normalized spacial score (nSPS) is 25.6. The molecule has 0 saturated heterocycles. The summed E-state index contributed by atoms with van der Waals surface area (Å²) in [6.07, 6.45) is 0.775. The molecule has 0 bridgehead atoms. The lowest BCUT2D eigenvalue weighted by Crippen LogP contribution is -2.34. The van der Waals surface area contributed by atoms with Crippen molar-refractivity contribution in [3.05, 3.63) is 35.4 Å². The van der Waals surface area contributed by atoms with E-state index < -0.39 is 11.6 Å². The van der Waals surface area contributed by atoms with Gasteiger partial charge in [0, 0.05) is 5.56 Å². The SMILES string of the molecule is NC(=O)C1(F)CCc2ccccc21. The summed E-state index contributed by atoms with van der Waals surface area (Å²) in [7, 11) is 0. The quantitative estimate of drug-likeness (QED) is 0.693. The van der Waals surface area contributed by atoms with Crippen molar-refractivity contribution in [2.45, 2.75) is 18.5 Å². The van der Waals surface area contributed by atoms with E-state index in [1.807, 2.05) is 12.1 Å². The van der Waals surface area contributed by atoms with Gasteiger partial charge in [-0.3, -0.25) is 4.79 Å². The van der Waals surface area contributed by atoms with E-state index in [1.165, 1.54) is 0 Å². The number of amides is 1. The molecule has 1 unspecified atom stereocenters. The molecule has 0 saturated carbocycles. The van der Waals surface area contributed by atoms with Crippen molar-refractivity contribution in [3.63, 3.8) is 0 Å². The third-order valence-electron chi connectivity index (χ3n) is 2.57. The van der Waals surface area contributed by atoms with Crippen molar-refractivity contribution >= 4 is 5.91 Å². The van der Waals surface area contributed by atoms with Crippen molar-refractivity contribution in [1.82, 2.24) is 0 Å². The lowest BCUT2D eigenvalue weighted by molar-refractivity contribution is -0.129. The number of benzene rings is 1. The zero-order chi connectivity index (χ0) is 9.47. The molecule has 1 aliphatic carbocycles. The maximum Gasteiger partial charge on any atom is 0.259 e. The minimum absolute atomic E-state index is 0.182. The maximum atomic E-state index is 14.0. The minimum Gasteiger partial charge on any atom is -0.367 e. The zero-order valence-electron chi connectivity index (χ0n) is 7.09. The van der Waals surface area contributed by atoms with E-state index in [-0.39, 0.29) is 6.42 Å². The smallest absolute Gasteiger partial charge is 0.259 e. The fourth-order valence-electron chi connectivity index (χ4n) is 1.82. The number of hydrogen-bond acceptors (Lipinski definition) is 1. The summed E-state index contributed by atoms with van der Waals surface area (Å²) in [5, 5.41) is 0. The zero-order valence-corrected chi connectivity index (χ0v) is 7.09. The minimum atomic E-state index is -1.93. The predicted molar refractivity (Wildman–Crippen MR) is 46.7 cm³/mol. The van der Waals surface area contributed by atoms with Crippen LogP contribution in [0.1, 0.15) is 17.5 Å². The number of halogens is 1. The van der Waals surface area contributed by atoms with Gasteiger partial charge in [-0.05, 0) is 18.4 Å². The van der Waals surface area contributed by atoms with Gasteiger partial charge in [0.25, 0.3) is 5.91 Å². The number of fused-ring (bicyclic) bond motifs is 1. The van der Waals surface area contributed by atoms with Gasteiger partial charge in [-0.2, -0.15) is 0 Å². The Bertz CT molecular complexity index is 364. The van der Waals surface area contributed by atoms with Crippen molar-refractivity contribution in [1.29, 1.82) is 0 Å². The lowest BCUT2D eigenvalue weighted by atomic mass is 9.97. The van der Waals surface area contributed by atoms with E-state index in [2.05, 4.69) is 0 Å². The maximum absolute atomic E-state index is 14.0. The third kappa shape index (κ3) is 1.03. The van der Waals surface area contributed by atoms with E-state index in [1.54, 1.807) is 12.1 Å². The number of rotatable bonds is 1. The first-order valence-corrected chi connectivity index (χ1v) is 4.22. The van der Waals surface area contributed by atoms with Gasteiger partial charge in [-0.25, -0.2) is 4.39 Å². The van der Waals surface area contributed by atoms with Crippen molar-refractivity contribution in [2.24, 2.45) is 5.73 Å². The molecule has 0 aliphatic heterocycles. The standard InChI is InChI=1S/C10H10FNO/c11-10(9(12)13)6-5-7-3-1-2-4-8(7)10/h1-4H,5-6H2,(H2,12,13). The van der Waals surface area contributed by atoms with Crippen molar-refractivity contribution in [3.8, 4) is 0 Å². The Kier molecular flexibility index (Phi) is 1.62. The molecule has 1 aromatic rings. The van der Waals surface area contributed by atoms with Crippen LogP contribution in [-0.4, -0.2) is 5.91 Å². The molecule has 1 atom stereocenters. The molecule has 13 heavy (non-hydrogen) atoms. The fourth-order valence-corrected chi connectivity index (χ4v) is 1.82. The molecule has 1 amide bonds. The molecule has 2 rings (SSSR count). The molecule has 0 fully saturated rings. The summed E-state index contributed by atoms with van der Waals surface area (Å²) in [5.41, 5.74) is 4.44. The Morgan fingerprint density at radius 1 is 1.46 bits per heavy atom. The second-order valence-electron chi connectivity index (χ2n) is 3.32. The van der Waals surface area contributed by atoms with Crippen LogP contribution in [0.2, 0.25) is 0 Å². The molecule has 2 N–H and O–H groups in total. The highest BCUT2D eigenvalue weighted by Gasteiger charge is 2.44. The Balaban J connectivity index is 2.55. The van der Waals surface area contributed by atoms with Crippen LogP contribution in [0, 0.1) is 0 Å². The molecular formula is C10H10FNO. The largest absolute Gasteiger partial charge is 0.367 e. The summed E-state index contributed by atoms with van der Waals surface area (Å²) in [4.78, 5) is 10.9. The van der Waals surface area contributed by atoms with Crippen LogP contribution >= 0.6 is 0 Å². The van der Waals surface area contributed by atoms with Crippen LogP contribution in [0.5, 0.6) is 0 Å².